The van der Waals surface area contributed by atoms with E-state index in [0.29, 0.717) is 13.0 Å². The van der Waals surface area contributed by atoms with Gasteiger partial charge in [-0.05, 0) is 20.8 Å². The van der Waals surface area contributed by atoms with E-state index in [0.717, 1.165) is 0 Å². The molecule has 0 radical (unpaired) electrons. The van der Waals surface area contributed by atoms with Crippen molar-refractivity contribution in [2.45, 2.75) is 40.2 Å². The standard InChI is InChI=1S/C5H10O3.C4H8O/c1-3-8-5(7)4(2)6;1-3-4(2)5/h4,6H,3H2,1-2H3;3H2,1-2H3. The van der Waals surface area contributed by atoms with E-state index < -0.39 is 12.1 Å². The fourth-order valence-electron chi connectivity index (χ4n) is 0.263. The van der Waals surface area contributed by atoms with Crippen molar-refractivity contribution < 1.29 is 19.4 Å². The molecule has 0 aromatic rings. The lowest BCUT2D eigenvalue weighted by Gasteiger charge is -2.01. The average molecular weight is 190 g/mol. The Labute approximate surface area is 78.9 Å². The lowest BCUT2D eigenvalue weighted by molar-refractivity contribution is -0.151. The van der Waals surface area contributed by atoms with Gasteiger partial charge in [0.25, 0.3) is 0 Å². The molecule has 0 saturated carbocycles. The number of aliphatic hydroxyl groups is 1. The van der Waals surface area contributed by atoms with Gasteiger partial charge in [-0.25, -0.2) is 4.79 Å². The molecule has 0 aromatic carbocycles. The van der Waals surface area contributed by atoms with Gasteiger partial charge < -0.3 is 14.6 Å². The molecule has 1 N–H and O–H groups in total. The van der Waals surface area contributed by atoms with Crippen molar-refractivity contribution in [3.05, 3.63) is 0 Å². The summed E-state index contributed by atoms with van der Waals surface area (Å²) in [4.78, 5) is 20.1. The minimum absolute atomic E-state index is 0.255. The van der Waals surface area contributed by atoms with Gasteiger partial charge in [0.05, 0.1) is 6.61 Å². The Balaban J connectivity index is 0. The van der Waals surface area contributed by atoms with E-state index in [1.54, 1.807) is 13.8 Å². The molecule has 0 aliphatic carbocycles. The Hall–Kier alpha value is -0.900. The molecule has 1 atom stereocenters. The van der Waals surface area contributed by atoms with E-state index >= 15 is 0 Å². The van der Waals surface area contributed by atoms with E-state index in [9.17, 15) is 9.59 Å². The predicted molar refractivity (Wildman–Crippen MR) is 49.3 cm³/mol. The molecule has 0 rings (SSSR count). The number of hydrogen-bond acceptors (Lipinski definition) is 4. The first-order chi connectivity index (χ1) is 5.95. The maximum absolute atomic E-state index is 10.3. The molecule has 0 aliphatic heterocycles. The van der Waals surface area contributed by atoms with Crippen molar-refractivity contribution in [2.24, 2.45) is 0 Å². The van der Waals surface area contributed by atoms with Gasteiger partial charge in [-0.15, -0.1) is 0 Å². The van der Waals surface area contributed by atoms with Crippen LogP contribution in [0.2, 0.25) is 0 Å². The molecular weight excluding hydrogens is 172 g/mol. The maximum atomic E-state index is 10.3. The number of ketones is 1. The summed E-state index contributed by atoms with van der Waals surface area (Å²) in [5, 5.41) is 8.48. The summed E-state index contributed by atoms with van der Waals surface area (Å²) in [6.07, 6.45) is -0.324. The topological polar surface area (TPSA) is 63.6 Å². The van der Waals surface area contributed by atoms with Crippen LogP contribution in [0.3, 0.4) is 0 Å². The molecule has 0 fully saturated rings. The molecule has 0 amide bonds. The molecule has 0 heterocycles. The van der Waals surface area contributed by atoms with Crippen LogP contribution in [-0.2, 0) is 14.3 Å². The Morgan fingerprint density at radius 1 is 1.38 bits per heavy atom. The average Bonchev–Trinajstić information content (AvgIpc) is 2.06. The molecule has 1 unspecified atom stereocenters. The van der Waals surface area contributed by atoms with Gasteiger partial charge in [0.15, 0.2) is 0 Å². The summed E-state index contributed by atoms with van der Waals surface area (Å²) in [5.41, 5.74) is 0. The Morgan fingerprint density at radius 2 is 1.77 bits per heavy atom. The maximum Gasteiger partial charge on any atom is 0.334 e. The molecule has 0 aliphatic rings. The van der Waals surface area contributed by atoms with Gasteiger partial charge in [-0.1, -0.05) is 6.92 Å². The molecule has 0 saturated heterocycles. The lowest BCUT2D eigenvalue weighted by Crippen LogP contribution is -2.18. The van der Waals surface area contributed by atoms with Crippen LogP contribution >= 0.6 is 0 Å². The molecule has 4 heteroatoms. The number of aliphatic hydroxyl groups excluding tert-OH is 1. The largest absolute Gasteiger partial charge is 0.464 e. The van der Waals surface area contributed by atoms with Crippen molar-refractivity contribution in [2.75, 3.05) is 6.61 Å². The van der Waals surface area contributed by atoms with Gasteiger partial charge in [0, 0.05) is 6.42 Å². The van der Waals surface area contributed by atoms with E-state index in [1.165, 1.54) is 6.92 Å². The number of esters is 1. The van der Waals surface area contributed by atoms with Crippen LogP contribution in [0.1, 0.15) is 34.1 Å². The van der Waals surface area contributed by atoms with Gasteiger partial charge in [-0.3, -0.25) is 0 Å². The second kappa shape index (κ2) is 9.19. The molecule has 78 valence electrons. The SMILES string of the molecule is CCC(C)=O.CCOC(=O)C(C)O. The number of carbonyl (C=O) groups excluding carboxylic acids is 2. The number of ether oxygens (including phenoxy) is 1. The van der Waals surface area contributed by atoms with E-state index in [1.807, 2.05) is 6.92 Å². The predicted octanol–water partition coefficient (Wildman–Crippen LogP) is 0.916. The summed E-state index contributed by atoms with van der Waals surface area (Å²) in [6.45, 7) is 6.82. The second-order valence-corrected chi connectivity index (χ2v) is 2.48. The third-order valence-electron chi connectivity index (χ3n) is 1.13. The molecule has 13 heavy (non-hydrogen) atoms. The summed E-state index contributed by atoms with van der Waals surface area (Å²) in [6, 6.07) is 0. The first-order valence-electron chi connectivity index (χ1n) is 4.29. The van der Waals surface area contributed by atoms with Crippen molar-refractivity contribution in [1.82, 2.24) is 0 Å². The highest BCUT2D eigenvalue weighted by Crippen LogP contribution is 1.84. The van der Waals surface area contributed by atoms with Crippen LogP contribution in [-0.4, -0.2) is 29.6 Å². The zero-order valence-electron chi connectivity index (χ0n) is 8.66. The fraction of sp³-hybridized carbons (Fsp3) is 0.778. The van der Waals surface area contributed by atoms with Gasteiger partial charge in [0.1, 0.15) is 11.9 Å². The lowest BCUT2D eigenvalue weighted by atomic mass is 10.4. The highest BCUT2D eigenvalue weighted by molar-refractivity contribution is 5.74. The Bertz CT molecular complexity index is 152. The van der Waals surface area contributed by atoms with Gasteiger partial charge >= 0.3 is 5.97 Å². The summed E-state index contributed by atoms with van der Waals surface area (Å²) >= 11 is 0. The van der Waals surface area contributed by atoms with Crippen LogP contribution in [0.4, 0.5) is 0 Å². The molecule has 4 nitrogen and oxygen atoms in total. The Morgan fingerprint density at radius 3 is 1.85 bits per heavy atom. The second-order valence-electron chi connectivity index (χ2n) is 2.48. The first kappa shape index (κ1) is 14.6. The molecule has 0 aromatic heterocycles. The van der Waals surface area contributed by atoms with Crippen molar-refractivity contribution in [3.8, 4) is 0 Å². The smallest absolute Gasteiger partial charge is 0.334 e. The van der Waals surface area contributed by atoms with Crippen LogP contribution in [0, 0.1) is 0 Å². The quantitative estimate of drug-likeness (QED) is 0.672. The van der Waals surface area contributed by atoms with Gasteiger partial charge in [0.2, 0.25) is 0 Å². The normalized spacial score (nSPS) is 10.8. The highest BCUT2D eigenvalue weighted by Gasteiger charge is 2.07. The number of carbonyl (C=O) groups is 2. The summed E-state index contributed by atoms with van der Waals surface area (Å²) in [5.74, 6) is -0.308. The van der Waals surface area contributed by atoms with Crippen LogP contribution in [0.25, 0.3) is 0 Å². The van der Waals surface area contributed by atoms with Crippen LogP contribution < -0.4 is 0 Å². The summed E-state index contributed by atoms with van der Waals surface area (Å²) in [7, 11) is 0. The minimum Gasteiger partial charge on any atom is -0.464 e. The van der Waals surface area contributed by atoms with Crippen molar-refractivity contribution in [1.29, 1.82) is 0 Å². The first-order valence-corrected chi connectivity index (χ1v) is 4.29. The van der Waals surface area contributed by atoms with Crippen molar-refractivity contribution in [3.63, 3.8) is 0 Å². The molecule has 0 spiro atoms. The Kier molecular flexibility index (Phi) is 10.3. The van der Waals surface area contributed by atoms with Crippen molar-refractivity contribution >= 4 is 11.8 Å². The minimum atomic E-state index is -0.991. The molecular formula is C9H18O4. The number of rotatable bonds is 3. The van der Waals surface area contributed by atoms with Crippen LogP contribution in [0.5, 0.6) is 0 Å². The third-order valence-corrected chi connectivity index (χ3v) is 1.13. The van der Waals surface area contributed by atoms with E-state index in [4.69, 9.17) is 5.11 Å². The third kappa shape index (κ3) is 14.0. The monoisotopic (exact) mass is 190 g/mol. The summed E-state index contributed by atoms with van der Waals surface area (Å²) < 4.78 is 4.41. The fourth-order valence-corrected chi connectivity index (χ4v) is 0.263. The number of Topliss-reactive ketones (excluding diaryl/α,β-unsaturated/α-hetero) is 1. The van der Waals surface area contributed by atoms with Crippen LogP contribution in [0.15, 0.2) is 0 Å². The van der Waals surface area contributed by atoms with E-state index in [-0.39, 0.29) is 5.78 Å². The number of hydrogen-bond donors (Lipinski definition) is 1. The zero-order chi connectivity index (χ0) is 10.9. The zero-order valence-corrected chi connectivity index (χ0v) is 8.66. The van der Waals surface area contributed by atoms with Gasteiger partial charge in [-0.2, -0.15) is 0 Å². The molecule has 0 bridgehead atoms. The van der Waals surface area contributed by atoms with E-state index in [2.05, 4.69) is 4.74 Å². The highest BCUT2D eigenvalue weighted by atomic mass is 16.5.